The number of amides is 3. The Balaban J connectivity index is 1.46. The zero-order chi connectivity index (χ0) is 24.4. The van der Waals surface area contributed by atoms with Crippen LogP contribution in [0.3, 0.4) is 0 Å². The van der Waals surface area contributed by atoms with Crippen LogP contribution in [0.2, 0.25) is 0 Å². The van der Waals surface area contributed by atoms with Crippen LogP contribution in [-0.2, 0) is 4.79 Å². The van der Waals surface area contributed by atoms with E-state index in [-0.39, 0.29) is 23.3 Å². The number of aromatic nitrogens is 1. The van der Waals surface area contributed by atoms with Crippen molar-refractivity contribution in [3.63, 3.8) is 0 Å². The molecule has 0 aliphatic carbocycles. The Morgan fingerprint density at radius 1 is 0.824 bits per heavy atom. The quantitative estimate of drug-likeness (QED) is 0.692. The number of rotatable bonds is 3. The highest BCUT2D eigenvalue weighted by Gasteiger charge is 2.31. The molecule has 1 aromatic carbocycles. The zero-order valence-corrected chi connectivity index (χ0v) is 19.4. The number of carbonyl (C=O) groups is 3. The maximum Gasteiger partial charge on any atom is 0.256 e. The number of aryl methyl sites for hydroxylation is 1. The van der Waals surface area contributed by atoms with Crippen LogP contribution >= 0.6 is 0 Å². The molecule has 0 saturated carbocycles. The predicted octanol–water partition coefficient (Wildman–Crippen LogP) is 2.99. The molecule has 9 heteroatoms. The summed E-state index contributed by atoms with van der Waals surface area (Å²) in [5, 5.41) is 0. The van der Waals surface area contributed by atoms with Crippen molar-refractivity contribution in [3.8, 4) is 0 Å². The van der Waals surface area contributed by atoms with Crippen molar-refractivity contribution >= 4 is 17.7 Å². The summed E-state index contributed by atoms with van der Waals surface area (Å²) in [6.45, 7) is 6.15. The average molecular weight is 471 g/mol. The van der Waals surface area contributed by atoms with Crippen LogP contribution in [0.25, 0.3) is 0 Å². The molecule has 2 aromatic rings. The summed E-state index contributed by atoms with van der Waals surface area (Å²) < 4.78 is 27.3. The average Bonchev–Trinajstić information content (AvgIpc) is 2.83. The molecule has 3 amide bonds. The van der Waals surface area contributed by atoms with Gasteiger partial charge in [0, 0.05) is 63.9 Å². The minimum Gasteiger partial charge on any atom is -0.339 e. The van der Waals surface area contributed by atoms with Crippen molar-refractivity contribution in [2.24, 2.45) is 0 Å². The summed E-state index contributed by atoms with van der Waals surface area (Å²) in [5.41, 5.74) is 1.93. The van der Waals surface area contributed by atoms with Crippen LogP contribution in [0.4, 0.5) is 8.78 Å². The first-order valence-corrected chi connectivity index (χ1v) is 11.5. The third kappa shape index (κ3) is 4.93. The van der Waals surface area contributed by atoms with E-state index in [1.54, 1.807) is 14.7 Å². The van der Waals surface area contributed by atoms with Gasteiger partial charge in [0.25, 0.3) is 11.8 Å². The van der Waals surface area contributed by atoms with E-state index in [0.717, 1.165) is 17.5 Å². The maximum atomic E-state index is 14.1. The van der Waals surface area contributed by atoms with Gasteiger partial charge in [-0.2, -0.15) is 0 Å². The van der Waals surface area contributed by atoms with E-state index >= 15 is 0 Å². The van der Waals surface area contributed by atoms with Crippen LogP contribution in [0, 0.1) is 18.6 Å². The molecule has 0 spiro atoms. The van der Waals surface area contributed by atoms with Crippen LogP contribution in [0.1, 0.15) is 57.8 Å². The largest absolute Gasteiger partial charge is 0.339 e. The number of piperidine rings is 1. The second-order valence-corrected chi connectivity index (χ2v) is 8.87. The first kappa shape index (κ1) is 23.8. The first-order valence-electron chi connectivity index (χ1n) is 11.5. The van der Waals surface area contributed by atoms with Gasteiger partial charge >= 0.3 is 0 Å². The number of hydrogen-bond donors (Lipinski definition) is 0. The summed E-state index contributed by atoms with van der Waals surface area (Å²) in [6, 6.07) is 6.59. The monoisotopic (exact) mass is 470 g/mol. The lowest BCUT2D eigenvalue weighted by Gasteiger charge is -2.35. The number of pyridine rings is 1. The molecule has 34 heavy (non-hydrogen) atoms. The van der Waals surface area contributed by atoms with Crippen molar-refractivity contribution in [3.05, 3.63) is 64.5 Å². The maximum absolute atomic E-state index is 14.1. The highest BCUT2D eigenvalue weighted by Crippen LogP contribution is 2.31. The minimum atomic E-state index is -0.870. The van der Waals surface area contributed by atoms with Crippen LogP contribution in [-0.4, -0.2) is 76.7 Å². The van der Waals surface area contributed by atoms with Gasteiger partial charge in [-0.25, -0.2) is 8.78 Å². The van der Waals surface area contributed by atoms with Gasteiger partial charge in [0.05, 0.1) is 16.8 Å². The van der Waals surface area contributed by atoms with Crippen molar-refractivity contribution in [2.45, 2.75) is 32.6 Å². The third-order valence-corrected chi connectivity index (χ3v) is 6.64. The molecule has 0 atom stereocenters. The standard InChI is InChI=1S/C25H28F2N4O3/c1-16-3-5-21(25(34)31-13-11-29(12-14-31)17(2)32)23(28-16)18-7-9-30(10-8-18)24(33)20-6-4-19(26)15-22(20)27/h3-6,15,18H,7-14H2,1-2H3. The Morgan fingerprint density at radius 2 is 1.38 bits per heavy atom. The molecule has 2 saturated heterocycles. The topological polar surface area (TPSA) is 73.8 Å². The number of halogens is 2. The molecule has 0 bridgehead atoms. The van der Waals surface area contributed by atoms with Crippen molar-refractivity contribution in [2.75, 3.05) is 39.3 Å². The molecule has 0 N–H and O–H groups in total. The Kier molecular flexibility index (Phi) is 6.90. The number of nitrogens with zero attached hydrogens (tertiary/aromatic N) is 4. The smallest absolute Gasteiger partial charge is 0.256 e. The minimum absolute atomic E-state index is 0.00613. The SMILES string of the molecule is CC(=O)N1CCN(C(=O)c2ccc(C)nc2C2CCN(C(=O)c3ccc(F)cc3F)CC2)CC1. The van der Waals surface area contributed by atoms with Crippen LogP contribution in [0.15, 0.2) is 30.3 Å². The van der Waals surface area contributed by atoms with E-state index in [0.29, 0.717) is 63.7 Å². The second-order valence-electron chi connectivity index (χ2n) is 8.87. The molecule has 2 aliphatic rings. The van der Waals surface area contributed by atoms with Crippen molar-refractivity contribution in [1.29, 1.82) is 0 Å². The number of carbonyl (C=O) groups excluding carboxylic acids is 3. The second kappa shape index (κ2) is 9.87. The number of piperazine rings is 1. The Labute approximate surface area is 197 Å². The van der Waals surface area contributed by atoms with Gasteiger partial charge in [0.1, 0.15) is 11.6 Å². The number of likely N-dealkylation sites (tertiary alicyclic amines) is 1. The summed E-state index contributed by atoms with van der Waals surface area (Å²) in [7, 11) is 0. The molecule has 0 unspecified atom stereocenters. The zero-order valence-electron chi connectivity index (χ0n) is 19.4. The number of hydrogen-bond acceptors (Lipinski definition) is 4. The first-order chi connectivity index (χ1) is 16.2. The highest BCUT2D eigenvalue weighted by atomic mass is 19.1. The molecule has 7 nitrogen and oxygen atoms in total. The van der Waals surface area contributed by atoms with E-state index in [2.05, 4.69) is 0 Å². The van der Waals surface area contributed by atoms with Gasteiger partial charge in [-0.15, -0.1) is 0 Å². The van der Waals surface area contributed by atoms with Gasteiger partial charge in [-0.05, 0) is 44.0 Å². The fraction of sp³-hybridized carbons (Fsp3) is 0.440. The molecule has 180 valence electrons. The van der Waals surface area contributed by atoms with Crippen LogP contribution in [0.5, 0.6) is 0 Å². The van der Waals surface area contributed by atoms with E-state index in [9.17, 15) is 23.2 Å². The van der Waals surface area contributed by atoms with Gasteiger partial charge in [0.2, 0.25) is 5.91 Å². The van der Waals surface area contributed by atoms with Gasteiger partial charge in [-0.3, -0.25) is 19.4 Å². The number of benzene rings is 1. The van der Waals surface area contributed by atoms with Gasteiger partial charge in [-0.1, -0.05) is 0 Å². The van der Waals surface area contributed by atoms with Crippen molar-refractivity contribution in [1.82, 2.24) is 19.7 Å². The third-order valence-electron chi connectivity index (χ3n) is 6.64. The van der Waals surface area contributed by atoms with E-state index in [1.165, 1.54) is 13.0 Å². The Hall–Kier alpha value is -3.36. The highest BCUT2D eigenvalue weighted by molar-refractivity contribution is 5.96. The predicted molar refractivity (Wildman–Crippen MR) is 121 cm³/mol. The Morgan fingerprint density at radius 3 is 2.00 bits per heavy atom. The lowest BCUT2D eigenvalue weighted by Crippen LogP contribution is -2.50. The molecule has 2 fully saturated rings. The van der Waals surface area contributed by atoms with Gasteiger partial charge < -0.3 is 14.7 Å². The normalized spacial score (nSPS) is 17.1. The van der Waals surface area contributed by atoms with Crippen LogP contribution < -0.4 is 0 Å². The van der Waals surface area contributed by atoms with Crippen molar-refractivity contribution < 1.29 is 23.2 Å². The summed E-state index contributed by atoms with van der Waals surface area (Å²) in [5.74, 6) is -2.17. The fourth-order valence-electron chi connectivity index (χ4n) is 4.65. The molecule has 4 rings (SSSR count). The fourth-order valence-corrected chi connectivity index (χ4v) is 4.65. The lowest BCUT2D eigenvalue weighted by atomic mass is 9.89. The lowest BCUT2D eigenvalue weighted by molar-refractivity contribution is -0.130. The van der Waals surface area contributed by atoms with E-state index in [1.807, 2.05) is 19.1 Å². The van der Waals surface area contributed by atoms with Gasteiger partial charge in [0.15, 0.2) is 0 Å². The summed E-state index contributed by atoms with van der Waals surface area (Å²) >= 11 is 0. The molecule has 0 radical (unpaired) electrons. The summed E-state index contributed by atoms with van der Waals surface area (Å²) in [4.78, 5) is 47.4. The van der Waals surface area contributed by atoms with E-state index in [4.69, 9.17) is 4.98 Å². The van der Waals surface area contributed by atoms with E-state index < -0.39 is 17.5 Å². The molecule has 1 aromatic heterocycles. The molecule has 3 heterocycles. The summed E-state index contributed by atoms with van der Waals surface area (Å²) in [6.07, 6.45) is 1.17. The molecular weight excluding hydrogens is 442 g/mol. The molecular formula is C25H28F2N4O3. The Bertz CT molecular complexity index is 1110. The molecule has 2 aliphatic heterocycles.